The smallest absolute Gasteiger partial charge is 0.0508 e. The van der Waals surface area contributed by atoms with Gasteiger partial charge >= 0.3 is 0 Å². The molecule has 0 N–H and O–H groups in total. The van der Waals surface area contributed by atoms with Crippen LogP contribution in [0.5, 0.6) is 0 Å². The maximum atomic E-state index is 5.52. The lowest BCUT2D eigenvalue weighted by Gasteiger charge is -2.27. The van der Waals surface area contributed by atoms with Crippen molar-refractivity contribution in [2.45, 2.75) is 24.6 Å². The van der Waals surface area contributed by atoms with Crippen molar-refractivity contribution in [1.82, 2.24) is 0 Å². The van der Waals surface area contributed by atoms with Gasteiger partial charge in [-0.15, -0.1) is 0 Å². The van der Waals surface area contributed by atoms with Crippen molar-refractivity contribution in [2.75, 3.05) is 13.2 Å². The van der Waals surface area contributed by atoms with E-state index in [0.29, 0.717) is 10.7 Å². The van der Waals surface area contributed by atoms with E-state index in [1.165, 1.54) is 11.1 Å². The van der Waals surface area contributed by atoms with Gasteiger partial charge in [0.15, 0.2) is 0 Å². The molecular weight excluding hydrogens is 252 g/mol. The number of hydrogen-bond acceptors (Lipinski definition) is 1. The minimum absolute atomic E-state index is 0.617. The Labute approximate surface area is 100.0 Å². The SMILES string of the molecule is Cc1cccc(CC2COCCC2Br)c1. The molecule has 0 spiro atoms. The Kier molecular flexibility index (Phi) is 3.81. The number of benzene rings is 1. The van der Waals surface area contributed by atoms with Gasteiger partial charge in [-0.3, -0.25) is 0 Å². The van der Waals surface area contributed by atoms with Crippen LogP contribution in [0.1, 0.15) is 17.5 Å². The van der Waals surface area contributed by atoms with Gasteiger partial charge in [0.1, 0.15) is 0 Å². The summed E-state index contributed by atoms with van der Waals surface area (Å²) in [6.45, 7) is 3.94. The van der Waals surface area contributed by atoms with Crippen LogP contribution in [0.2, 0.25) is 0 Å². The first-order valence-corrected chi connectivity index (χ1v) is 6.44. The molecule has 1 aromatic carbocycles. The predicted octanol–water partition coefficient (Wildman–Crippen LogP) is 3.34. The number of aryl methyl sites for hydroxylation is 1. The quantitative estimate of drug-likeness (QED) is 0.748. The highest BCUT2D eigenvalue weighted by atomic mass is 79.9. The molecule has 0 bridgehead atoms. The molecule has 0 radical (unpaired) electrons. The fourth-order valence-electron chi connectivity index (χ4n) is 2.10. The van der Waals surface area contributed by atoms with Crippen molar-refractivity contribution in [3.8, 4) is 0 Å². The van der Waals surface area contributed by atoms with E-state index >= 15 is 0 Å². The number of rotatable bonds is 2. The molecule has 2 rings (SSSR count). The molecule has 1 aromatic rings. The Morgan fingerprint density at radius 1 is 1.47 bits per heavy atom. The highest BCUT2D eigenvalue weighted by Crippen LogP contribution is 2.25. The lowest BCUT2D eigenvalue weighted by molar-refractivity contribution is 0.0605. The molecule has 2 atom stereocenters. The van der Waals surface area contributed by atoms with E-state index in [4.69, 9.17) is 4.74 Å². The minimum atomic E-state index is 0.617. The molecule has 2 unspecified atom stereocenters. The Hall–Kier alpha value is -0.340. The summed E-state index contributed by atoms with van der Waals surface area (Å²) >= 11 is 3.75. The fraction of sp³-hybridized carbons (Fsp3) is 0.538. The predicted molar refractivity (Wildman–Crippen MR) is 66.5 cm³/mol. The normalized spacial score (nSPS) is 26.5. The molecule has 15 heavy (non-hydrogen) atoms. The number of hydrogen-bond donors (Lipinski definition) is 0. The summed E-state index contributed by atoms with van der Waals surface area (Å²) in [7, 11) is 0. The molecule has 0 amide bonds. The van der Waals surface area contributed by atoms with Crippen molar-refractivity contribution in [1.29, 1.82) is 0 Å². The molecule has 1 saturated heterocycles. The molecule has 0 saturated carbocycles. The average molecular weight is 269 g/mol. The van der Waals surface area contributed by atoms with Crippen molar-refractivity contribution in [3.05, 3.63) is 35.4 Å². The van der Waals surface area contributed by atoms with Gasteiger partial charge < -0.3 is 4.74 Å². The third kappa shape index (κ3) is 3.05. The van der Waals surface area contributed by atoms with Gasteiger partial charge in [-0.1, -0.05) is 45.8 Å². The van der Waals surface area contributed by atoms with Crippen LogP contribution in [0.15, 0.2) is 24.3 Å². The summed E-state index contributed by atoms with van der Waals surface area (Å²) in [4.78, 5) is 0.617. The zero-order valence-electron chi connectivity index (χ0n) is 9.08. The Morgan fingerprint density at radius 2 is 2.33 bits per heavy atom. The maximum Gasteiger partial charge on any atom is 0.0508 e. The number of halogens is 1. The second kappa shape index (κ2) is 5.13. The maximum absolute atomic E-state index is 5.52. The van der Waals surface area contributed by atoms with Crippen molar-refractivity contribution >= 4 is 15.9 Å². The zero-order valence-corrected chi connectivity index (χ0v) is 10.7. The molecule has 0 aromatic heterocycles. The zero-order chi connectivity index (χ0) is 10.7. The van der Waals surface area contributed by atoms with Crippen molar-refractivity contribution in [3.63, 3.8) is 0 Å². The summed E-state index contributed by atoms with van der Waals surface area (Å²) in [5, 5.41) is 0. The number of ether oxygens (including phenoxy) is 1. The summed E-state index contributed by atoms with van der Waals surface area (Å²) in [6.07, 6.45) is 2.26. The second-order valence-electron chi connectivity index (χ2n) is 4.33. The summed E-state index contributed by atoms with van der Waals surface area (Å²) in [6, 6.07) is 8.76. The molecule has 1 heterocycles. The van der Waals surface area contributed by atoms with E-state index in [-0.39, 0.29) is 0 Å². The van der Waals surface area contributed by atoms with E-state index in [0.717, 1.165) is 26.1 Å². The summed E-state index contributed by atoms with van der Waals surface area (Å²) < 4.78 is 5.52. The Bertz CT molecular complexity index is 324. The van der Waals surface area contributed by atoms with Gasteiger partial charge in [-0.05, 0) is 31.2 Å². The van der Waals surface area contributed by atoms with E-state index in [1.807, 2.05) is 0 Å². The van der Waals surface area contributed by atoms with Gasteiger partial charge in [-0.2, -0.15) is 0 Å². The highest BCUT2D eigenvalue weighted by molar-refractivity contribution is 9.09. The van der Waals surface area contributed by atoms with E-state index < -0.39 is 0 Å². The Balaban J connectivity index is 2.01. The van der Waals surface area contributed by atoms with Crippen LogP contribution >= 0.6 is 15.9 Å². The van der Waals surface area contributed by atoms with Crippen LogP contribution < -0.4 is 0 Å². The standard InChI is InChI=1S/C13H17BrO/c1-10-3-2-4-11(7-10)8-12-9-15-6-5-13(12)14/h2-4,7,12-13H,5-6,8-9H2,1H3. The molecule has 2 heteroatoms. The minimum Gasteiger partial charge on any atom is -0.381 e. The van der Waals surface area contributed by atoms with Gasteiger partial charge in [0.25, 0.3) is 0 Å². The third-order valence-corrected chi connectivity index (χ3v) is 4.17. The van der Waals surface area contributed by atoms with Crippen LogP contribution in [0, 0.1) is 12.8 Å². The lowest BCUT2D eigenvalue weighted by atomic mass is 9.93. The first-order chi connectivity index (χ1) is 7.25. The van der Waals surface area contributed by atoms with Gasteiger partial charge in [0.05, 0.1) is 6.61 Å². The highest BCUT2D eigenvalue weighted by Gasteiger charge is 2.23. The van der Waals surface area contributed by atoms with Gasteiger partial charge in [-0.25, -0.2) is 0 Å². The lowest BCUT2D eigenvalue weighted by Crippen LogP contribution is -2.29. The molecule has 0 aliphatic carbocycles. The number of alkyl halides is 1. The Morgan fingerprint density at radius 3 is 3.07 bits per heavy atom. The largest absolute Gasteiger partial charge is 0.381 e. The molecule has 1 fully saturated rings. The van der Waals surface area contributed by atoms with E-state index in [1.54, 1.807) is 0 Å². The van der Waals surface area contributed by atoms with Gasteiger partial charge in [0, 0.05) is 11.4 Å². The van der Waals surface area contributed by atoms with Crippen LogP contribution in [0.25, 0.3) is 0 Å². The summed E-state index contributed by atoms with van der Waals surface area (Å²) in [5.74, 6) is 0.626. The third-order valence-electron chi connectivity index (χ3n) is 2.96. The topological polar surface area (TPSA) is 9.23 Å². The van der Waals surface area contributed by atoms with Crippen LogP contribution in [0.3, 0.4) is 0 Å². The van der Waals surface area contributed by atoms with E-state index in [9.17, 15) is 0 Å². The second-order valence-corrected chi connectivity index (χ2v) is 5.51. The first kappa shape index (κ1) is 11.2. The fourth-order valence-corrected chi connectivity index (χ4v) is 2.63. The van der Waals surface area contributed by atoms with Crippen LogP contribution in [0.4, 0.5) is 0 Å². The molecule has 82 valence electrons. The van der Waals surface area contributed by atoms with Crippen molar-refractivity contribution < 1.29 is 4.74 Å². The monoisotopic (exact) mass is 268 g/mol. The van der Waals surface area contributed by atoms with Crippen molar-refractivity contribution in [2.24, 2.45) is 5.92 Å². The molecular formula is C13H17BrO. The average Bonchev–Trinajstić information content (AvgIpc) is 2.22. The van der Waals surface area contributed by atoms with Crippen LogP contribution in [-0.4, -0.2) is 18.0 Å². The first-order valence-electron chi connectivity index (χ1n) is 5.53. The van der Waals surface area contributed by atoms with Crippen LogP contribution in [-0.2, 0) is 11.2 Å². The van der Waals surface area contributed by atoms with Gasteiger partial charge in [0.2, 0.25) is 0 Å². The molecule has 1 nitrogen and oxygen atoms in total. The van der Waals surface area contributed by atoms with E-state index in [2.05, 4.69) is 47.1 Å². The summed E-state index contributed by atoms with van der Waals surface area (Å²) in [5.41, 5.74) is 2.77. The molecule has 1 aliphatic rings. The molecule has 1 aliphatic heterocycles.